The van der Waals surface area contributed by atoms with Crippen molar-refractivity contribution in [2.75, 3.05) is 23.3 Å². The molecule has 4 rings (SSSR count). The molecule has 1 N–H and O–H groups in total. The average molecular weight is 342 g/mol. The van der Waals surface area contributed by atoms with Gasteiger partial charge >= 0.3 is 0 Å². The summed E-state index contributed by atoms with van der Waals surface area (Å²) in [5.74, 6) is 1.56. The number of anilines is 2. The van der Waals surface area contributed by atoms with Crippen LogP contribution in [0.2, 0.25) is 0 Å². The minimum Gasteiger partial charge on any atom is -0.364 e. The zero-order valence-electron chi connectivity index (χ0n) is 14.3. The molecule has 9 nitrogen and oxygen atoms in total. The second kappa shape index (κ2) is 7.04. The van der Waals surface area contributed by atoms with Crippen molar-refractivity contribution in [3.63, 3.8) is 0 Å². The zero-order chi connectivity index (χ0) is 17.1. The third kappa shape index (κ3) is 3.40. The van der Waals surface area contributed by atoms with Gasteiger partial charge in [-0.3, -0.25) is 4.68 Å². The van der Waals surface area contributed by atoms with E-state index in [4.69, 9.17) is 4.63 Å². The van der Waals surface area contributed by atoms with E-state index in [0.717, 1.165) is 44.1 Å². The molecular formula is C16H22N8O. The van der Waals surface area contributed by atoms with E-state index in [2.05, 4.69) is 42.5 Å². The molecule has 0 saturated heterocycles. The fraction of sp³-hybridized carbons (Fsp3) is 0.562. The van der Waals surface area contributed by atoms with Crippen molar-refractivity contribution < 1.29 is 4.63 Å². The lowest BCUT2D eigenvalue weighted by molar-refractivity contribution is 0.314. The molecule has 0 aliphatic heterocycles. The van der Waals surface area contributed by atoms with Gasteiger partial charge in [-0.15, -0.1) is 0 Å². The number of likely N-dealkylation sites (N-methyl/N-ethyl adjacent to an activating group) is 1. The first-order chi connectivity index (χ1) is 12.3. The Balaban J connectivity index is 1.61. The van der Waals surface area contributed by atoms with Gasteiger partial charge in [0.2, 0.25) is 11.3 Å². The lowest BCUT2D eigenvalue weighted by atomic mass is 10.2. The van der Waals surface area contributed by atoms with Crippen LogP contribution in [0.1, 0.15) is 32.6 Å². The Morgan fingerprint density at radius 2 is 2.04 bits per heavy atom. The fourth-order valence-electron chi connectivity index (χ4n) is 3.28. The van der Waals surface area contributed by atoms with Crippen LogP contribution in [-0.2, 0) is 6.54 Å². The second-order valence-electron chi connectivity index (χ2n) is 6.28. The summed E-state index contributed by atoms with van der Waals surface area (Å²) in [6.45, 7) is 4.48. The van der Waals surface area contributed by atoms with E-state index in [1.54, 1.807) is 6.20 Å². The normalized spacial score (nSPS) is 15.1. The third-order valence-corrected chi connectivity index (χ3v) is 4.63. The summed E-state index contributed by atoms with van der Waals surface area (Å²) in [6.07, 6.45) is 8.58. The van der Waals surface area contributed by atoms with E-state index in [0.29, 0.717) is 17.3 Å². The molecule has 0 unspecified atom stereocenters. The van der Waals surface area contributed by atoms with Crippen LogP contribution in [0.25, 0.3) is 11.3 Å². The second-order valence-corrected chi connectivity index (χ2v) is 6.28. The van der Waals surface area contributed by atoms with Gasteiger partial charge < -0.3 is 10.2 Å². The predicted molar refractivity (Wildman–Crippen MR) is 93.4 cm³/mol. The van der Waals surface area contributed by atoms with E-state index in [9.17, 15) is 0 Å². The molecule has 25 heavy (non-hydrogen) atoms. The van der Waals surface area contributed by atoms with Crippen molar-refractivity contribution in [3.8, 4) is 0 Å². The van der Waals surface area contributed by atoms with Crippen LogP contribution in [0, 0.1) is 0 Å². The van der Waals surface area contributed by atoms with Crippen molar-refractivity contribution in [3.05, 3.63) is 18.5 Å². The zero-order valence-corrected chi connectivity index (χ0v) is 14.3. The lowest BCUT2D eigenvalue weighted by Gasteiger charge is -2.25. The Labute approximate surface area is 145 Å². The summed E-state index contributed by atoms with van der Waals surface area (Å²) in [4.78, 5) is 11.4. The van der Waals surface area contributed by atoms with E-state index in [-0.39, 0.29) is 0 Å². The molecule has 0 radical (unpaired) electrons. The van der Waals surface area contributed by atoms with Crippen molar-refractivity contribution in [1.82, 2.24) is 30.1 Å². The molecule has 0 amide bonds. The van der Waals surface area contributed by atoms with Crippen molar-refractivity contribution >= 4 is 22.9 Å². The number of rotatable bonds is 7. The maximum atomic E-state index is 4.79. The molecule has 9 heteroatoms. The van der Waals surface area contributed by atoms with Gasteiger partial charge in [-0.25, -0.2) is 14.6 Å². The minimum atomic E-state index is 0.435. The maximum Gasteiger partial charge on any atom is 0.245 e. The number of hydrogen-bond donors (Lipinski definition) is 1. The molecular weight excluding hydrogens is 320 g/mol. The number of aromatic nitrogens is 6. The number of nitrogens with zero attached hydrogens (tertiary/aromatic N) is 7. The minimum absolute atomic E-state index is 0.435. The molecule has 3 aromatic rings. The Bertz CT molecular complexity index is 809. The van der Waals surface area contributed by atoms with Gasteiger partial charge in [0.05, 0.1) is 6.54 Å². The molecule has 0 bridgehead atoms. The molecule has 0 atom stereocenters. The van der Waals surface area contributed by atoms with Gasteiger partial charge in [-0.05, 0) is 36.1 Å². The van der Waals surface area contributed by atoms with E-state index in [1.165, 1.54) is 12.8 Å². The molecule has 1 saturated carbocycles. The van der Waals surface area contributed by atoms with Gasteiger partial charge in [0.1, 0.15) is 0 Å². The Morgan fingerprint density at radius 3 is 2.76 bits per heavy atom. The molecule has 1 aliphatic carbocycles. The van der Waals surface area contributed by atoms with E-state index < -0.39 is 0 Å². The SMILES string of the molecule is CCN(CCn1cccn1)c1nc2nonc2nc1NC1CCCC1. The third-order valence-electron chi connectivity index (χ3n) is 4.63. The molecule has 3 heterocycles. The largest absolute Gasteiger partial charge is 0.364 e. The van der Waals surface area contributed by atoms with Crippen LogP contribution in [0.4, 0.5) is 11.6 Å². The number of nitrogens with one attached hydrogen (secondary N) is 1. The van der Waals surface area contributed by atoms with Crippen LogP contribution in [-0.4, -0.2) is 49.2 Å². The number of fused-ring (bicyclic) bond motifs is 1. The van der Waals surface area contributed by atoms with Crippen molar-refractivity contribution in [1.29, 1.82) is 0 Å². The molecule has 1 aliphatic rings. The Kier molecular flexibility index (Phi) is 4.45. The highest BCUT2D eigenvalue weighted by molar-refractivity contribution is 5.74. The lowest BCUT2D eigenvalue weighted by Crippen LogP contribution is -2.30. The summed E-state index contributed by atoms with van der Waals surface area (Å²) >= 11 is 0. The highest BCUT2D eigenvalue weighted by atomic mass is 16.6. The Morgan fingerprint density at radius 1 is 1.24 bits per heavy atom. The summed E-state index contributed by atoms with van der Waals surface area (Å²) in [7, 11) is 0. The first-order valence-corrected chi connectivity index (χ1v) is 8.82. The standard InChI is InChI=1S/C16H22N8O/c1-2-23(10-11-24-9-5-8-17-24)16-15(18-12-6-3-4-7-12)19-13-14(20-16)22-25-21-13/h5,8-9,12H,2-4,6-7,10-11H2,1H3,(H,18,19,21). The van der Waals surface area contributed by atoms with Crippen LogP contribution < -0.4 is 10.2 Å². The number of hydrogen-bond acceptors (Lipinski definition) is 8. The van der Waals surface area contributed by atoms with Gasteiger partial charge in [0.15, 0.2) is 11.6 Å². The van der Waals surface area contributed by atoms with Gasteiger partial charge in [-0.1, -0.05) is 12.8 Å². The Hall–Kier alpha value is -2.71. The maximum absolute atomic E-state index is 4.79. The van der Waals surface area contributed by atoms with Crippen LogP contribution in [0.3, 0.4) is 0 Å². The van der Waals surface area contributed by atoms with Crippen molar-refractivity contribution in [2.24, 2.45) is 0 Å². The van der Waals surface area contributed by atoms with Gasteiger partial charge in [0.25, 0.3) is 0 Å². The smallest absolute Gasteiger partial charge is 0.245 e. The first-order valence-electron chi connectivity index (χ1n) is 8.82. The highest BCUT2D eigenvalue weighted by Gasteiger charge is 2.22. The highest BCUT2D eigenvalue weighted by Crippen LogP contribution is 2.28. The van der Waals surface area contributed by atoms with Crippen LogP contribution in [0.5, 0.6) is 0 Å². The average Bonchev–Trinajstić information content (AvgIpc) is 3.38. The predicted octanol–water partition coefficient (Wildman–Crippen LogP) is 2.09. The fourth-order valence-corrected chi connectivity index (χ4v) is 3.28. The monoisotopic (exact) mass is 342 g/mol. The quantitative estimate of drug-likeness (QED) is 0.697. The summed E-state index contributed by atoms with van der Waals surface area (Å²) in [5.41, 5.74) is 0.872. The molecule has 3 aromatic heterocycles. The van der Waals surface area contributed by atoms with Gasteiger partial charge in [0, 0.05) is 31.5 Å². The molecule has 0 aromatic carbocycles. The summed E-state index contributed by atoms with van der Waals surface area (Å²) in [6, 6.07) is 2.37. The van der Waals surface area contributed by atoms with Crippen LogP contribution >= 0.6 is 0 Å². The molecule has 1 fully saturated rings. The van der Waals surface area contributed by atoms with E-state index >= 15 is 0 Å². The first kappa shape index (κ1) is 15.8. The topological polar surface area (TPSA) is 97.8 Å². The van der Waals surface area contributed by atoms with E-state index in [1.807, 2.05) is 16.9 Å². The summed E-state index contributed by atoms with van der Waals surface area (Å²) in [5, 5.41) is 15.5. The summed E-state index contributed by atoms with van der Waals surface area (Å²) < 4.78 is 6.70. The van der Waals surface area contributed by atoms with Crippen LogP contribution in [0.15, 0.2) is 23.1 Å². The molecule has 132 valence electrons. The van der Waals surface area contributed by atoms with Crippen molar-refractivity contribution in [2.45, 2.75) is 45.2 Å². The molecule has 0 spiro atoms. The van der Waals surface area contributed by atoms with Gasteiger partial charge in [-0.2, -0.15) is 5.10 Å².